The van der Waals surface area contributed by atoms with Crippen molar-refractivity contribution in [2.24, 2.45) is 5.92 Å². The van der Waals surface area contributed by atoms with Crippen molar-refractivity contribution in [2.75, 3.05) is 16.6 Å². The van der Waals surface area contributed by atoms with Crippen molar-refractivity contribution >= 4 is 46.4 Å². The van der Waals surface area contributed by atoms with Crippen LogP contribution in [-0.4, -0.2) is 18.4 Å². The third-order valence-electron chi connectivity index (χ3n) is 5.00. The zero-order chi connectivity index (χ0) is 22.0. The molecule has 0 aromatic heterocycles. The molecule has 3 aromatic carbocycles. The summed E-state index contributed by atoms with van der Waals surface area (Å²) >= 11 is 12.0. The summed E-state index contributed by atoms with van der Waals surface area (Å²) in [5.74, 6) is -2.01. The molecule has 2 amide bonds. The molecule has 1 unspecified atom stereocenters. The molecule has 158 valence electrons. The number of hydrogen-bond acceptors (Lipinski definition) is 3. The van der Waals surface area contributed by atoms with Gasteiger partial charge in [-0.15, -0.1) is 0 Å². The van der Waals surface area contributed by atoms with Crippen molar-refractivity contribution in [1.29, 1.82) is 0 Å². The van der Waals surface area contributed by atoms with Gasteiger partial charge in [0.2, 0.25) is 5.91 Å². The highest BCUT2D eigenvalue weighted by Gasteiger charge is 2.43. The standard InChI is InChI=1S/C23H18Cl2FN3O2/c24-16-3-9-19(10-4-16)28-14-21(22(30)27-13-15-1-7-18(26)8-2-15)23(31)29(28)20-11-5-17(25)6-12-20/h1-12,21H,13-14H2,(H,27,30). The number of amides is 2. The SMILES string of the molecule is O=C(NCc1ccc(F)cc1)C1CN(c2ccc(Cl)cc2)N(c2ccc(Cl)cc2)C1=O. The predicted molar refractivity (Wildman–Crippen MR) is 119 cm³/mol. The van der Waals surface area contributed by atoms with Crippen LogP contribution in [0.4, 0.5) is 15.8 Å². The predicted octanol–water partition coefficient (Wildman–Crippen LogP) is 4.83. The van der Waals surface area contributed by atoms with Gasteiger partial charge in [0.15, 0.2) is 0 Å². The molecule has 1 heterocycles. The van der Waals surface area contributed by atoms with Gasteiger partial charge in [0.25, 0.3) is 5.91 Å². The zero-order valence-electron chi connectivity index (χ0n) is 16.3. The Balaban J connectivity index is 1.58. The Labute approximate surface area is 188 Å². The summed E-state index contributed by atoms with van der Waals surface area (Å²) in [4.78, 5) is 26.1. The number of rotatable bonds is 5. The van der Waals surface area contributed by atoms with Gasteiger partial charge in [-0.2, -0.15) is 0 Å². The third-order valence-corrected chi connectivity index (χ3v) is 5.50. The van der Waals surface area contributed by atoms with E-state index in [1.54, 1.807) is 65.7 Å². The monoisotopic (exact) mass is 457 g/mol. The van der Waals surface area contributed by atoms with Crippen LogP contribution in [0, 0.1) is 11.7 Å². The molecular formula is C23H18Cl2FN3O2. The average Bonchev–Trinajstić information content (AvgIpc) is 3.11. The van der Waals surface area contributed by atoms with Gasteiger partial charge in [-0.05, 0) is 66.2 Å². The van der Waals surface area contributed by atoms with E-state index >= 15 is 0 Å². The van der Waals surface area contributed by atoms with E-state index < -0.39 is 11.8 Å². The molecule has 5 nitrogen and oxygen atoms in total. The van der Waals surface area contributed by atoms with Crippen LogP contribution in [0.3, 0.4) is 0 Å². The van der Waals surface area contributed by atoms with E-state index in [1.165, 1.54) is 17.1 Å². The minimum atomic E-state index is -0.910. The van der Waals surface area contributed by atoms with E-state index in [0.29, 0.717) is 15.7 Å². The lowest BCUT2D eigenvalue weighted by molar-refractivity contribution is -0.131. The first-order valence-electron chi connectivity index (χ1n) is 9.57. The van der Waals surface area contributed by atoms with Crippen molar-refractivity contribution in [3.8, 4) is 0 Å². The van der Waals surface area contributed by atoms with Crippen LogP contribution in [0.1, 0.15) is 5.56 Å². The molecule has 0 radical (unpaired) electrons. The summed E-state index contributed by atoms with van der Waals surface area (Å²) < 4.78 is 13.1. The van der Waals surface area contributed by atoms with Gasteiger partial charge in [-0.25, -0.2) is 9.40 Å². The number of carbonyl (C=O) groups is 2. The molecule has 1 N–H and O–H groups in total. The van der Waals surface area contributed by atoms with Crippen LogP contribution in [0.25, 0.3) is 0 Å². The van der Waals surface area contributed by atoms with Crippen molar-refractivity contribution < 1.29 is 14.0 Å². The van der Waals surface area contributed by atoms with Crippen molar-refractivity contribution in [2.45, 2.75) is 6.54 Å². The zero-order valence-corrected chi connectivity index (χ0v) is 17.8. The van der Waals surface area contributed by atoms with Gasteiger partial charge in [0.05, 0.1) is 17.9 Å². The van der Waals surface area contributed by atoms with Gasteiger partial charge in [-0.3, -0.25) is 14.6 Å². The summed E-state index contributed by atoms with van der Waals surface area (Å²) in [6, 6.07) is 19.7. The molecule has 0 spiro atoms. The van der Waals surface area contributed by atoms with Crippen LogP contribution in [-0.2, 0) is 16.1 Å². The molecule has 0 aliphatic carbocycles. The number of nitrogens with one attached hydrogen (secondary N) is 1. The molecule has 3 aromatic rings. The number of nitrogens with zero attached hydrogens (tertiary/aromatic N) is 2. The van der Waals surface area contributed by atoms with Crippen molar-refractivity contribution in [1.82, 2.24) is 5.32 Å². The van der Waals surface area contributed by atoms with E-state index in [1.807, 2.05) is 0 Å². The normalized spacial score (nSPS) is 16.0. The smallest absolute Gasteiger partial charge is 0.260 e. The Morgan fingerprint density at radius 1 is 0.903 bits per heavy atom. The Hall–Kier alpha value is -3.09. The first kappa shape index (κ1) is 21.2. The molecular weight excluding hydrogens is 440 g/mol. The highest BCUT2D eigenvalue weighted by atomic mass is 35.5. The lowest BCUT2D eigenvalue weighted by atomic mass is 10.1. The highest BCUT2D eigenvalue weighted by molar-refractivity contribution is 6.31. The van der Waals surface area contributed by atoms with Crippen molar-refractivity contribution in [3.05, 3.63) is 94.2 Å². The molecule has 1 aliphatic rings. The lowest BCUT2D eigenvalue weighted by Crippen LogP contribution is -2.40. The number of carbonyl (C=O) groups excluding carboxylic acids is 2. The van der Waals surface area contributed by atoms with Gasteiger partial charge in [0.1, 0.15) is 11.7 Å². The van der Waals surface area contributed by atoms with E-state index in [-0.39, 0.29) is 24.8 Å². The molecule has 4 rings (SSSR count). The van der Waals surface area contributed by atoms with E-state index in [9.17, 15) is 14.0 Å². The molecule has 1 atom stereocenters. The maximum atomic E-state index is 13.3. The summed E-state index contributed by atoms with van der Waals surface area (Å²) in [7, 11) is 0. The number of anilines is 2. The van der Waals surface area contributed by atoms with Crippen molar-refractivity contribution in [3.63, 3.8) is 0 Å². The first-order chi connectivity index (χ1) is 14.9. The second-order valence-corrected chi connectivity index (χ2v) is 7.95. The minimum absolute atomic E-state index is 0.165. The van der Waals surface area contributed by atoms with Gasteiger partial charge in [0, 0.05) is 16.6 Å². The number of hydrogen-bond donors (Lipinski definition) is 1. The fraction of sp³-hybridized carbons (Fsp3) is 0.130. The molecule has 8 heteroatoms. The summed E-state index contributed by atoms with van der Waals surface area (Å²) in [6.45, 7) is 0.364. The average molecular weight is 458 g/mol. The quantitative estimate of drug-likeness (QED) is 0.558. The maximum absolute atomic E-state index is 13.3. The van der Waals surface area contributed by atoms with Gasteiger partial charge in [-0.1, -0.05) is 35.3 Å². The molecule has 0 saturated carbocycles. The second-order valence-electron chi connectivity index (χ2n) is 7.08. The Kier molecular flexibility index (Phi) is 6.11. The Morgan fingerprint density at radius 2 is 1.45 bits per heavy atom. The Morgan fingerprint density at radius 3 is 2.03 bits per heavy atom. The summed E-state index contributed by atoms with van der Waals surface area (Å²) in [5.41, 5.74) is 2.06. The van der Waals surface area contributed by atoms with Crippen LogP contribution in [0.2, 0.25) is 10.0 Å². The summed E-state index contributed by atoms with van der Waals surface area (Å²) in [5, 5.41) is 7.10. The number of benzene rings is 3. The Bertz CT molecular complexity index is 1090. The largest absolute Gasteiger partial charge is 0.351 e. The number of halogens is 3. The fourth-order valence-corrected chi connectivity index (χ4v) is 3.64. The molecule has 0 bridgehead atoms. The van der Waals surface area contributed by atoms with E-state index in [0.717, 1.165) is 11.3 Å². The second kappa shape index (κ2) is 8.96. The molecule has 1 aliphatic heterocycles. The first-order valence-corrected chi connectivity index (χ1v) is 10.3. The van der Waals surface area contributed by atoms with Crippen LogP contribution in [0.15, 0.2) is 72.8 Å². The van der Waals surface area contributed by atoms with Crippen LogP contribution < -0.4 is 15.3 Å². The molecule has 1 fully saturated rings. The minimum Gasteiger partial charge on any atom is -0.351 e. The third kappa shape index (κ3) is 4.65. The highest BCUT2D eigenvalue weighted by Crippen LogP contribution is 2.32. The summed E-state index contributed by atoms with van der Waals surface area (Å²) in [6.07, 6.45) is 0. The molecule has 31 heavy (non-hydrogen) atoms. The lowest BCUT2D eigenvalue weighted by Gasteiger charge is -2.29. The number of hydrazine groups is 1. The van der Waals surface area contributed by atoms with E-state index in [2.05, 4.69) is 5.32 Å². The fourth-order valence-electron chi connectivity index (χ4n) is 3.39. The van der Waals surface area contributed by atoms with Gasteiger partial charge >= 0.3 is 0 Å². The van der Waals surface area contributed by atoms with Gasteiger partial charge < -0.3 is 5.32 Å². The van der Waals surface area contributed by atoms with E-state index in [4.69, 9.17) is 23.2 Å². The maximum Gasteiger partial charge on any atom is 0.260 e. The topological polar surface area (TPSA) is 52.7 Å². The molecule has 1 saturated heterocycles. The van der Waals surface area contributed by atoms with Crippen LogP contribution in [0.5, 0.6) is 0 Å². The van der Waals surface area contributed by atoms with Crippen LogP contribution >= 0.6 is 23.2 Å².